The van der Waals surface area contributed by atoms with Crippen molar-refractivity contribution >= 4 is 34.6 Å². The van der Waals surface area contributed by atoms with Gasteiger partial charge in [-0.3, -0.25) is 0 Å². The number of nitrogens with one attached hydrogen (secondary N) is 2. The quantitative estimate of drug-likeness (QED) is 0.556. The Labute approximate surface area is 156 Å². The lowest BCUT2D eigenvalue weighted by molar-refractivity contribution is -0.137. The van der Waals surface area contributed by atoms with Gasteiger partial charge in [0.25, 0.3) is 0 Å². The van der Waals surface area contributed by atoms with Crippen LogP contribution in [0.4, 0.5) is 18.9 Å². The Balaban J connectivity index is 1.73. The highest BCUT2D eigenvalue weighted by molar-refractivity contribution is 7.80. The molecule has 1 heterocycles. The molecular weight excluding hydrogens is 371 g/mol. The standard InChI is InChI=1S/C17H23ClF3N3S/c1-12-5-9-24(10-6-12)8-2-7-22-16(25)23-13-3-4-15(18)14(11-13)17(19,20)21/h3-4,11-12H,2,5-10H2,1H3,(H2,22,23,25). The average Bonchev–Trinajstić information content (AvgIpc) is 2.54. The van der Waals surface area contributed by atoms with Gasteiger partial charge in [0.1, 0.15) is 0 Å². The molecule has 3 nitrogen and oxygen atoms in total. The van der Waals surface area contributed by atoms with Gasteiger partial charge in [-0.1, -0.05) is 18.5 Å². The van der Waals surface area contributed by atoms with Crippen LogP contribution < -0.4 is 10.6 Å². The fourth-order valence-electron chi connectivity index (χ4n) is 2.79. The number of hydrogen-bond donors (Lipinski definition) is 2. The third-order valence-corrected chi connectivity index (χ3v) is 4.92. The number of rotatable bonds is 5. The van der Waals surface area contributed by atoms with Crippen LogP contribution in [0.25, 0.3) is 0 Å². The highest BCUT2D eigenvalue weighted by atomic mass is 35.5. The number of alkyl halides is 3. The van der Waals surface area contributed by atoms with Crippen molar-refractivity contribution in [2.45, 2.75) is 32.4 Å². The van der Waals surface area contributed by atoms with Gasteiger partial charge in [0.15, 0.2) is 5.11 Å². The number of thiocarbonyl (C=S) groups is 1. The number of piperidine rings is 1. The number of nitrogens with zero attached hydrogens (tertiary/aromatic N) is 1. The molecule has 1 fully saturated rings. The largest absolute Gasteiger partial charge is 0.417 e. The van der Waals surface area contributed by atoms with Gasteiger partial charge in [0.2, 0.25) is 0 Å². The molecule has 0 radical (unpaired) electrons. The highest BCUT2D eigenvalue weighted by Crippen LogP contribution is 2.36. The number of likely N-dealkylation sites (tertiary alicyclic amines) is 1. The minimum absolute atomic E-state index is 0.263. The summed E-state index contributed by atoms with van der Waals surface area (Å²) in [6.45, 7) is 6.23. The first-order valence-corrected chi connectivity index (χ1v) is 9.18. The normalized spacial score (nSPS) is 16.7. The predicted molar refractivity (Wildman–Crippen MR) is 100 cm³/mol. The third kappa shape index (κ3) is 6.64. The molecule has 1 aliphatic heterocycles. The molecule has 0 atom stereocenters. The van der Waals surface area contributed by atoms with Gasteiger partial charge in [-0.15, -0.1) is 0 Å². The lowest BCUT2D eigenvalue weighted by Gasteiger charge is -2.30. The molecule has 0 amide bonds. The first kappa shape index (κ1) is 20.3. The van der Waals surface area contributed by atoms with E-state index >= 15 is 0 Å². The summed E-state index contributed by atoms with van der Waals surface area (Å²) in [7, 11) is 0. The maximum atomic E-state index is 12.9. The monoisotopic (exact) mass is 393 g/mol. The Kier molecular flexibility index (Phi) is 7.34. The summed E-state index contributed by atoms with van der Waals surface area (Å²) in [5, 5.41) is 5.79. The molecule has 1 aliphatic rings. The minimum atomic E-state index is -4.49. The van der Waals surface area contributed by atoms with Crippen LogP contribution in [0, 0.1) is 5.92 Å². The summed E-state index contributed by atoms with van der Waals surface area (Å²) < 4.78 is 38.6. The molecule has 0 aliphatic carbocycles. The second-order valence-corrected chi connectivity index (χ2v) is 7.27. The minimum Gasteiger partial charge on any atom is -0.362 e. The average molecular weight is 394 g/mol. The van der Waals surface area contributed by atoms with Gasteiger partial charge in [-0.2, -0.15) is 13.2 Å². The van der Waals surface area contributed by atoms with Gasteiger partial charge >= 0.3 is 6.18 Å². The molecule has 8 heteroatoms. The summed E-state index contributed by atoms with van der Waals surface area (Å²) >= 11 is 10.7. The van der Waals surface area contributed by atoms with Gasteiger partial charge in [0.05, 0.1) is 10.6 Å². The van der Waals surface area contributed by atoms with E-state index in [4.69, 9.17) is 23.8 Å². The van der Waals surface area contributed by atoms with Crippen LogP contribution in [0.2, 0.25) is 5.02 Å². The second-order valence-electron chi connectivity index (χ2n) is 6.45. The third-order valence-electron chi connectivity index (χ3n) is 4.34. The topological polar surface area (TPSA) is 27.3 Å². The van der Waals surface area contributed by atoms with Crippen molar-refractivity contribution in [1.29, 1.82) is 0 Å². The summed E-state index contributed by atoms with van der Waals surface area (Å²) in [6, 6.07) is 3.65. The van der Waals surface area contributed by atoms with Crippen molar-refractivity contribution in [3.05, 3.63) is 28.8 Å². The molecular formula is C17H23ClF3N3S. The van der Waals surface area contributed by atoms with Crippen molar-refractivity contribution in [2.75, 3.05) is 31.5 Å². The Bertz CT molecular complexity index is 587. The zero-order valence-electron chi connectivity index (χ0n) is 14.1. The molecule has 2 N–H and O–H groups in total. The molecule has 1 aromatic rings. The summed E-state index contributed by atoms with van der Waals surface area (Å²) in [5.41, 5.74) is -0.611. The molecule has 0 unspecified atom stereocenters. The van der Waals surface area contributed by atoms with Crippen molar-refractivity contribution in [3.63, 3.8) is 0 Å². The van der Waals surface area contributed by atoms with Gasteiger partial charge in [-0.25, -0.2) is 0 Å². The number of benzene rings is 1. The van der Waals surface area contributed by atoms with Crippen molar-refractivity contribution in [1.82, 2.24) is 10.2 Å². The Morgan fingerprint density at radius 2 is 2.00 bits per heavy atom. The molecule has 1 saturated heterocycles. The van der Waals surface area contributed by atoms with E-state index in [-0.39, 0.29) is 10.7 Å². The number of hydrogen-bond acceptors (Lipinski definition) is 2. The van der Waals surface area contributed by atoms with Crippen molar-refractivity contribution in [3.8, 4) is 0 Å². The van der Waals surface area contributed by atoms with Crippen molar-refractivity contribution < 1.29 is 13.2 Å². The summed E-state index contributed by atoms with van der Waals surface area (Å²) in [4.78, 5) is 2.44. The van der Waals surface area contributed by atoms with E-state index in [0.29, 0.717) is 11.7 Å². The molecule has 0 aromatic heterocycles. The molecule has 25 heavy (non-hydrogen) atoms. The molecule has 0 bridgehead atoms. The van der Waals surface area contributed by atoms with Gasteiger partial charge < -0.3 is 15.5 Å². The zero-order valence-corrected chi connectivity index (χ0v) is 15.7. The molecule has 140 valence electrons. The molecule has 0 spiro atoms. The molecule has 0 saturated carbocycles. The predicted octanol–water partition coefficient (Wildman–Crippen LogP) is 4.77. The number of anilines is 1. The molecule has 1 aromatic carbocycles. The van der Waals surface area contributed by atoms with E-state index in [2.05, 4.69) is 22.5 Å². The van der Waals surface area contributed by atoms with E-state index in [9.17, 15) is 13.2 Å². The summed E-state index contributed by atoms with van der Waals surface area (Å²) in [6.07, 6.45) is -1.07. The van der Waals surface area contributed by atoms with Crippen LogP contribution in [0.5, 0.6) is 0 Å². The maximum Gasteiger partial charge on any atom is 0.417 e. The Morgan fingerprint density at radius 3 is 2.64 bits per heavy atom. The fraction of sp³-hybridized carbons (Fsp3) is 0.588. The van der Waals surface area contributed by atoms with Crippen molar-refractivity contribution in [2.24, 2.45) is 5.92 Å². The van der Waals surface area contributed by atoms with Crippen LogP contribution in [0.3, 0.4) is 0 Å². The van der Waals surface area contributed by atoms with E-state index < -0.39 is 11.7 Å². The smallest absolute Gasteiger partial charge is 0.362 e. The van der Waals surface area contributed by atoms with Crippen LogP contribution in [0.15, 0.2) is 18.2 Å². The Hall–Kier alpha value is -1.05. The lowest BCUT2D eigenvalue weighted by atomic mass is 9.99. The first-order chi connectivity index (χ1) is 11.8. The molecule has 2 rings (SSSR count). The lowest BCUT2D eigenvalue weighted by Crippen LogP contribution is -2.36. The van der Waals surface area contributed by atoms with E-state index in [1.54, 1.807) is 0 Å². The SMILES string of the molecule is CC1CCN(CCCNC(=S)Nc2ccc(Cl)c(C(F)(F)F)c2)CC1. The number of halogens is 4. The summed E-state index contributed by atoms with van der Waals surface area (Å²) in [5.74, 6) is 0.812. The van der Waals surface area contributed by atoms with Gasteiger partial charge in [0, 0.05) is 12.2 Å². The second kappa shape index (κ2) is 9.05. The first-order valence-electron chi connectivity index (χ1n) is 8.39. The van der Waals surface area contributed by atoms with Crippen LogP contribution >= 0.6 is 23.8 Å². The van der Waals surface area contributed by atoms with E-state index in [0.717, 1.165) is 38.0 Å². The van der Waals surface area contributed by atoms with Crippen LogP contribution in [0.1, 0.15) is 31.7 Å². The Morgan fingerprint density at radius 1 is 1.32 bits per heavy atom. The highest BCUT2D eigenvalue weighted by Gasteiger charge is 2.33. The fourth-order valence-corrected chi connectivity index (χ4v) is 3.23. The van der Waals surface area contributed by atoms with Crippen LogP contribution in [-0.2, 0) is 6.18 Å². The zero-order chi connectivity index (χ0) is 18.4. The van der Waals surface area contributed by atoms with Crippen LogP contribution in [-0.4, -0.2) is 36.2 Å². The maximum absolute atomic E-state index is 12.9. The van der Waals surface area contributed by atoms with E-state index in [1.165, 1.54) is 25.0 Å². The van der Waals surface area contributed by atoms with Gasteiger partial charge in [-0.05, 0) is 75.2 Å². The van der Waals surface area contributed by atoms with E-state index in [1.807, 2.05) is 0 Å².